The van der Waals surface area contributed by atoms with Crippen LogP contribution in [0, 0.1) is 0 Å². The highest BCUT2D eigenvalue weighted by molar-refractivity contribution is 8.00. The monoisotopic (exact) mass is 349 g/mol. The first-order valence-electron chi connectivity index (χ1n) is 6.30. The number of nitrogens with zero attached hydrogens (tertiary/aromatic N) is 1. The molecule has 1 aliphatic heterocycles. The molecule has 0 atom stereocenters. The van der Waals surface area contributed by atoms with Crippen molar-refractivity contribution in [3.63, 3.8) is 0 Å². The van der Waals surface area contributed by atoms with E-state index in [0.29, 0.717) is 18.8 Å². The fourth-order valence-electron chi connectivity index (χ4n) is 2.16. The lowest BCUT2D eigenvalue weighted by Gasteiger charge is -2.36. The van der Waals surface area contributed by atoms with Gasteiger partial charge in [0.1, 0.15) is 0 Å². The number of hydrogen-bond donors (Lipinski definition) is 1. The van der Waals surface area contributed by atoms with Crippen LogP contribution in [0.3, 0.4) is 0 Å². The third kappa shape index (κ3) is 3.53. The van der Waals surface area contributed by atoms with Crippen molar-refractivity contribution in [2.24, 2.45) is 0 Å². The molecule has 0 aliphatic carbocycles. The van der Waals surface area contributed by atoms with Gasteiger partial charge in [-0.2, -0.15) is 16.1 Å². The molecule has 8 heteroatoms. The van der Waals surface area contributed by atoms with Crippen molar-refractivity contribution in [1.29, 1.82) is 0 Å². The quantitative estimate of drug-likeness (QED) is 0.907. The Labute approximate surface area is 133 Å². The molecule has 116 valence electrons. The van der Waals surface area contributed by atoms with E-state index >= 15 is 0 Å². The molecular weight excluding hydrogens is 334 g/mol. The molecule has 1 N–H and O–H groups in total. The lowest BCUT2D eigenvalue weighted by molar-refractivity contribution is 0.0697. The minimum absolute atomic E-state index is 0.0241. The van der Waals surface area contributed by atoms with Gasteiger partial charge in [0.05, 0.1) is 15.5 Å². The van der Waals surface area contributed by atoms with Crippen molar-refractivity contribution in [1.82, 2.24) is 4.31 Å². The molecule has 1 aromatic carbocycles. The number of aromatic carboxylic acids is 1. The summed E-state index contributed by atoms with van der Waals surface area (Å²) in [5, 5.41) is 9.08. The third-order valence-electron chi connectivity index (χ3n) is 3.20. The number of benzene rings is 1. The van der Waals surface area contributed by atoms with Crippen LogP contribution < -0.4 is 0 Å². The predicted octanol–water partition coefficient (Wildman–Crippen LogP) is 2.55. The Morgan fingerprint density at radius 3 is 2.67 bits per heavy atom. The Hall–Kier alpha value is -0.760. The summed E-state index contributed by atoms with van der Waals surface area (Å²) in [6.45, 7) is 4.79. The highest BCUT2D eigenvalue weighted by Crippen LogP contribution is 2.33. The van der Waals surface area contributed by atoms with Gasteiger partial charge in [0.2, 0.25) is 10.0 Å². The fraction of sp³-hybridized carbons (Fsp3) is 0.462. The van der Waals surface area contributed by atoms with Crippen molar-refractivity contribution >= 4 is 39.4 Å². The number of carboxylic acids is 1. The Morgan fingerprint density at radius 2 is 2.10 bits per heavy atom. The minimum Gasteiger partial charge on any atom is -0.478 e. The van der Waals surface area contributed by atoms with Gasteiger partial charge in [0.25, 0.3) is 0 Å². The summed E-state index contributed by atoms with van der Waals surface area (Å²) in [6, 6.07) is 3.77. The van der Waals surface area contributed by atoms with Crippen molar-refractivity contribution in [2.75, 3.05) is 18.8 Å². The summed E-state index contributed by atoms with van der Waals surface area (Å²) in [6.07, 6.45) is 0. The lowest BCUT2D eigenvalue weighted by atomic mass is 10.2. The topological polar surface area (TPSA) is 74.7 Å². The average Bonchev–Trinajstić information content (AvgIpc) is 2.37. The number of carboxylic acid groups (broad SMARTS) is 1. The van der Waals surface area contributed by atoms with E-state index in [1.54, 1.807) is 11.8 Å². The zero-order valence-electron chi connectivity index (χ0n) is 11.7. The summed E-state index contributed by atoms with van der Waals surface area (Å²) in [4.78, 5) is 11.0. The predicted molar refractivity (Wildman–Crippen MR) is 83.7 cm³/mol. The van der Waals surface area contributed by atoms with Gasteiger partial charge in [-0.1, -0.05) is 11.6 Å². The Morgan fingerprint density at radius 1 is 1.43 bits per heavy atom. The van der Waals surface area contributed by atoms with E-state index < -0.39 is 16.0 Å². The molecule has 0 saturated carbocycles. The second kappa shape index (κ2) is 5.79. The largest absolute Gasteiger partial charge is 0.478 e. The molecule has 0 aromatic heterocycles. The summed E-state index contributed by atoms with van der Waals surface area (Å²) >= 11 is 7.50. The van der Waals surface area contributed by atoms with Crippen LogP contribution in [0.1, 0.15) is 24.2 Å². The van der Waals surface area contributed by atoms with Crippen LogP contribution in [-0.2, 0) is 10.0 Å². The number of carbonyl (C=O) groups is 1. The van der Waals surface area contributed by atoms with Crippen LogP contribution in [0.15, 0.2) is 23.1 Å². The van der Waals surface area contributed by atoms with E-state index in [9.17, 15) is 13.2 Å². The number of hydrogen-bond acceptors (Lipinski definition) is 4. The van der Waals surface area contributed by atoms with E-state index in [1.165, 1.54) is 16.4 Å². The van der Waals surface area contributed by atoms with E-state index in [-0.39, 0.29) is 20.2 Å². The van der Waals surface area contributed by atoms with Gasteiger partial charge in [0.15, 0.2) is 0 Å². The number of thioether (sulfide) groups is 1. The van der Waals surface area contributed by atoms with E-state index in [4.69, 9.17) is 16.7 Å². The van der Waals surface area contributed by atoms with Gasteiger partial charge in [-0.15, -0.1) is 0 Å². The molecule has 1 fully saturated rings. The first-order valence-corrected chi connectivity index (χ1v) is 9.11. The Bertz CT molecular complexity index is 673. The SMILES string of the molecule is CC1(C)CN(S(=O)(=O)c2ccc(Cl)c(C(=O)O)c2)CCS1. The fourth-order valence-corrected chi connectivity index (χ4v) is 5.29. The molecule has 1 aliphatic rings. The highest BCUT2D eigenvalue weighted by atomic mass is 35.5. The van der Waals surface area contributed by atoms with Gasteiger partial charge >= 0.3 is 5.97 Å². The number of rotatable bonds is 3. The van der Waals surface area contributed by atoms with Gasteiger partial charge in [-0.25, -0.2) is 13.2 Å². The van der Waals surface area contributed by atoms with Gasteiger partial charge in [-0.05, 0) is 32.0 Å². The Balaban J connectivity index is 2.40. The maximum Gasteiger partial charge on any atom is 0.337 e. The maximum absolute atomic E-state index is 12.6. The molecule has 21 heavy (non-hydrogen) atoms. The van der Waals surface area contributed by atoms with Crippen molar-refractivity contribution in [2.45, 2.75) is 23.5 Å². The molecule has 1 heterocycles. The smallest absolute Gasteiger partial charge is 0.337 e. The molecule has 1 saturated heterocycles. The molecule has 0 unspecified atom stereocenters. The van der Waals surface area contributed by atoms with Gasteiger partial charge in [0, 0.05) is 23.6 Å². The molecule has 0 amide bonds. The zero-order valence-corrected chi connectivity index (χ0v) is 14.1. The van der Waals surface area contributed by atoms with Crippen LogP contribution in [0.5, 0.6) is 0 Å². The standard InChI is InChI=1S/C13H16ClNO4S2/c1-13(2)8-15(5-6-20-13)21(18,19)9-3-4-11(14)10(7-9)12(16)17/h3-4,7H,5-6,8H2,1-2H3,(H,16,17). The summed E-state index contributed by atoms with van der Waals surface area (Å²) < 4.78 is 26.5. The summed E-state index contributed by atoms with van der Waals surface area (Å²) in [7, 11) is -3.71. The van der Waals surface area contributed by atoms with E-state index in [1.807, 2.05) is 13.8 Å². The number of halogens is 1. The molecule has 1 aromatic rings. The molecule has 2 rings (SSSR count). The minimum atomic E-state index is -3.71. The second-order valence-electron chi connectivity index (χ2n) is 5.39. The van der Waals surface area contributed by atoms with Crippen LogP contribution in [0.25, 0.3) is 0 Å². The van der Waals surface area contributed by atoms with E-state index in [0.717, 1.165) is 6.07 Å². The summed E-state index contributed by atoms with van der Waals surface area (Å²) in [5.74, 6) is -0.530. The molecule has 0 bridgehead atoms. The first-order chi connectivity index (χ1) is 9.63. The first kappa shape index (κ1) is 16.6. The van der Waals surface area contributed by atoms with Crippen LogP contribution in [0.4, 0.5) is 0 Å². The van der Waals surface area contributed by atoms with Crippen molar-refractivity contribution in [3.8, 4) is 0 Å². The number of sulfonamides is 1. The molecule has 0 radical (unpaired) electrons. The second-order valence-corrected chi connectivity index (χ2v) is 9.54. The van der Waals surface area contributed by atoms with Crippen LogP contribution in [0.2, 0.25) is 5.02 Å². The van der Waals surface area contributed by atoms with Crippen molar-refractivity contribution in [3.05, 3.63) is 28.8 Å². The maximum atomic E-state index is 12.6. The van der Waals surface area contributed by atoms with Crippen LogP contribution >= 0.6 is 23.4 Å². The molecular formula is C13H16ClNO4S2. The van der Waals surface area contributed by atoms with Crippen LogP contribution in [-0.4, -0.2) is 47.4 Å². The molecule has 0 spiro atoms. The van der Waals surface area contributed by atoms with Gasteiger partial charge in [-0.3, -0.25) is 0 Å². The molecule has 5 nitrogen and oxygen atoms in total. The van der Waals surface area contributed by atoms with Crippen molar-refractivity contribution < 1.29 is 18.3 Å². The third-order valence-corrected chi connectivity index (χ3v) is 6.66. The normalized spacial score (nSPS) is 19.4. The average molecular weight is 350 g/mol. The van der Waals surface area contributed by atoms with Gasteiger partial charge < -0.3 is 5.11 Å². The zero-order chi connectivity index (χ0) is 15.8. The Kier molecular flexibility index (Phi) is 4.58. The lowest BCUT2D eigenvalue weighted by Crippen LogP contribution is -2.46. The summed E-state index contributed by atoms with van der Waals surface area (Å²) in [5.41, 5.74) is -0.205. The highest BCUT2D eigenvalue weighted by Gasteiger charge is 2.35. The van der Waals surface area contributed by atoms with E-state index in [2.05, 4.69) is 0 Å².